The summed E-state index contributed by atoms with van der Waals surface area (Å²) in [4.78, 5) is 27.7. The lowest BCUT2D eigenvalue weighted by atomic mass is 10.2. The molecule has 4 rings (SSSR count). The van der Waals surface area contributed by atoms with Gasteiger partial charge in [-0.25, -0.2) is 9.97 Å². The standard InChI is InChI=1S/C27H34N8O2/c1-7-25(36)30-20-16-21(24(37-6)17-23(20)34(5)15-14-33(3)4)32-27-28-12-11-19(31-27)26-29-18(2)22-10-8-9-13-35(22)26/h7-13,16-17,26,29H,1,14-15H2,2-6H3,(H,30,36)(H,28,31,32). The van der Waals surface area contributed by atoms with Crippen LogP contribution in [0.3, 0.4) is 0 Å². The minimum absolute atomic E-state index is 0.142. The van der Waals surface area contributed by atoms with E-state index in [-0.39, 0.29) is 12.1 Å². The number of fused-ring (bicyclic) bond motifs is 1. The average Bonchev–Trinajstić information content (AvgIpc) is 3.24. The number of likely N-dealkylation sites (N-methyl/N-ethyl adjacent to an activating group) is 2. The monoisotopic (exact) mass is 502 g/mol. The molecule has 0 aliphatic carbocycles. The van der Waals surface area contributed by atoms with Crippen LogP contribution in [0, 0.1) is 0 Å². The molecule has 0 saturated heterocycles. The highest BCUT2D eigenvalue weighted by Crippen LogP contribution is 2.38. The van der Waals surface area contributed by atoms with Crippen LogP contribution in [0.1, 0.15) is 18.8 Å². The number of carbonyl (C=O) groups excluding carboxylic acids is 1. The Balaban J connectivity index is 1.63. The lowest BCUT2D eigenvalue weighted by Crippen LogP contribution is -2.29. The quantitative estimate of drug-likeness (QED) is 0.421. The minimum atomic E-state index is -0.300. The van der Waals surface area contributed by atoms with E-state index in [0.29, 0.717) is 23.1 Å². The molecule has 0 radical (unpaired) electrons. The van der Waals surface area contributed by atoms with E-state index >= 15 is 0 Å². The van der Waals surface area contributed by atoms with E-state index in [2.05, 4.69) is 48.3 Å². The van der Waals surface area contributed by atoms with Crippen LogP contribution in [-0.4, -0.2) is 67.0 Å². The first kappa shape index (κ1) is 25.8. The Labute approximate surface area is 218 Å². The molecule has 194 valence electrons. The molecule has 37 heavy (non-hydrogen) atoms. The number of methoxy groups -OCH3 is 1. The Bertz CT molecular complexity index is 1270. The number of rotatable bonds is 10. The molecular formula is C27H34N8O2. The Morgan fingerprint density at radius 3 is 2.78 bits per heavy atom. The van der Waals surface area contributed by atoms with Gasteiger partial charge in [0.1, 0.15) is 11.9 Å². The van der Waals surface area contributed by atoms with Crippen molar-refractivity contribution in [1.29, 1.82) is 0 Å². The van der Waals surface area contributed by atoms with Crippen molar-refractivity contribution in [1.82, 2.24) is 25.1 Å². The lowest BCUT2D eigenvalue weighted by Gasteiger charge is -2.26. The maximum Gasteiger partial charge on any atom is 0.247 e. The van der Waals surface area contributed by atoms with Gasteiger partial charge in [-0.05, 0) is 51.4 Å². The molecule has 0 saturated carbocycles. The molecule has 1 atom stereocenters. The number of nitrogens with one attached hydrogen (secondary N) is 3. The van der Waals surface area contributed by atoms with Crippen molar-refractivity contribution in [3.63, 3.8) is 0 Å². The van der Waals surface area contributed by atoms with Gasteiger partial charge in [-0.2, -0.15) is 0 Å². The number of ether oxygens (including phenoxy) is 1. The largest absolute Gasteiger partial charge is 0.494 e. The molecule has 1 amide bonds. The maximum absolute atomic E-state index is 12.2. The van der Waals surface area contributed by atoms with E-state index in [1.165, 1.54) is 6.08 Å². The molecule has 1 aromatic carbocycles. The molecule has 10 heteroatoms. The zero-order chi connectivity index (χ0) is 26.5. The van der Waals surface area contributed by atoms with Gasteiger partial charge < -0.3 is 35.4 Å². The van der Waals surface area contributed by atoms with Crippen LogP contribution in [0.5, 0.6) is 5.75 Å². The summed E-state index contributed by atoms with van der Waals surface area (Å²) in [5.74, 6) is 0.710. The van der Waals surface area contributed by atoms with Crippen molar-refractivity contribution >= 4 is 28.9 Å². The van der Waals surface area contributed by atoms with Crippen molar-refractivity contribution in [2.24, 2.45) is 0 Å². The second-order valence-electron chi connectivity index (χ2n) is 9.08. The number of nitrogens with zero attached hydrogens (tertiary/aromatic N) is 5. The van der Waals surface area contributed by atoms with Crippen LogP contribution in [-0.2, 0) is 4.79 Å². The van der Waals surface area contributed by atoms with E-state index < -0.39 is 0 Å². The zero-order valence-electron chi connectivity index (χ0n) is 21.9. The first-order chi connectivity index (χ1) is 17.8. The van der Waals surface area contributed by atoms with Gasteiger partial charge in [0.2, 0.25) is 11.9 Å². The number of amides is 1. The summed E-state index contributed by atoms with van der Waals surface area (Å²) in [6.07, 6.45) is 10.9. The van der Waals surface area contributed by atoms with E-state index in [4.69, 9.17) is 9.72 Å². The summed E-state index contributed by atoms with van der Waals surface area (Å²) in [5, 5.41) is 9.69. The Hall–Kier alpha value is -4.31. The number of carbonyl (C=O) groups is 1. The summed E-state index contributed by atoms with van der Waals surface area (Å²) in [7, 11) is 7.63. The van der Waals surface area contributed by atoms with Gasteiger partial charge in [0.25, 0.3) is 0 Å². The Kier molecular flexibility index (Phi) is 7.78. The molecule has 10 nitrogen and oxygen atoms in total. The van der Waals surface area contributed by atoms with Crippen LogP contribution < -0.4 is 25.6 Å². The molecule has 2 aromatic rings. The van der Waals surface area contributed by atoms with Crippen LogP contribution in [0.2, 0.25) is 0 Å². The molecule has 0 fully saturated rings. The van der Waals surface area contributed by atoms with E-state index in [0.717, 1.165) is 35.9 Å². The highest BCUT2D eigenvalue weighted by Gasteiger charge is 2.30. The van der Waals surface area contributed by atoms with E-state index in [9.17, 15) is 4.79 Å². The van der Waals surface area contributed by atoms with E-state index in [1.807, 2.05) is 64.6 Å². The van der Waals surface area contributed by atoms with Gasteiger partial charge in [0.05, 0.1) is 35.6 Å². The topological polar surface area (TPSA) is 97.9 Å². The van der Waals surface area contributed by atoms with Crippen LogP contribution in [0.15, 0.2) is 72.9 Å². The van der Waals surface area contributed by atoms with Crippen molar-refractivity contribution < 1.29 is 9.53 Å². The maximum atomic E-state index is 12.2. The molecular weight excluding hydrogens is 468 g/mol. The zero-order valence-corrected chi connectivity index (χ0v) is 21.9. The van der Waals surface area contributed by atoms with Gasteiger partial charge in [-0.15, -0.1) is 0 Å². The molecule has 1 aromatic heterocycles. The van der Waals surface area contributed by atoms with Gasteiger partial charge in [0, 0.05) is 44.3 Å². The first-order valence-corrected chi connectivity index (χ1v) is 12.0. The third-order valence-corrected chi connectivity index (χ3v) is 6.16. The van der Waals surface area contributed by atoms with Crippen LogP contribution >= 0.6 is 0 Å². The summed E-state index contributed by atoms with van der Waals surface area (Å²) >= 11 is 0. The second kappa shape index (κ2) is 11.2. The van der Waals surface area contributed by atoms with Gasteiger partial charge in [-0.1, -0.05) is 12.7 Å². The molecule has 1 unspecified atom stereocenters. The van der Waals surface area contributed by atoms with Crippen molar-refractivity contribution in [2.45, 2.75) is 13.1 Å². The van der Waals surface area contributed by atoms with Gasteiger partial charge in [0.15, 0.2) is 0 Å². The highest BCUT2D eigenvalue weighted by molar-refractivity contribution is 6.02. The molecule has 2 aliphatic rings. The van der Waals surface area contributed by atoms with E-state index in [1.54, 1.807) is 13.3 Å². The summed E-state index contributed by atoms with van der Waals surface area (Å²) in [5.41, 5.74) is 5.07. The molecule has 0 spiro atoms. The predicted octanol–water partition coefficient (Wildman–Crippen LogP) is 3.57. The summed E-state index contributed by atoms with van der Waals surface area (Å²) in [6.45, 7) is 7.24. The fourth-order valence-electron chi connectivity index (χ4n) is 4.18. The average molecular weight is 503 g/mol. The molecule has 3 heterocycles. The number of hydrogen-bond donors (Lipinski definition) is 3. The SMILES string of the molecule is C=CC(=O)Nc1cc(Nc2nccc(C3NC(C)=C4C=CC=CN43)n2)c(OC)cc1N(C)CCN(C)C. The van der Waals surface area contributed by atoms with Crippen molar-refractivity contribution in [2.75, 3.05) is 56.9 Å². The fourth-order valence-corrected chi connectivity index (χ4v) is 4.18. The third kappa shape index (κ3) is 5.75. The number of anilines is 4. The second-order valence-corrected chi connectivity index (χ2v) is 9.08. The molecule has 2 aliphatic heterocycles. The first-order valence-electron chi connectivity index (χ1n) is 12.0. The van der Waals surface area contributed by atoms with Gasteiger partial charge >= 0.3 is 0 Å². The summed E-state index contributed by atoms with van der Waals surface area (Å²) < 4.78 is 5.70. The Morgan fingerprint density at radius 2 is 2.05 bits per heavy atom. The highest BCUT2D eigenvalue weighted by atomic mass is 16.5. The Morgan fingerprint density at radius 1 is 1.24 bits per heavy atom. The molecule has 3 N–H and O–H groups in total. The van der Waals surface area contributed by atoms with Crippen molar-refractivity contribution in [3.8, 4) is 5.75 Å². The number of aromatic nitrogens is 2. The predicted molar refractivity (Wildman–Crippen MR) is 148 cm³/mol. The van der Waals surface area contributed by atoms with Crippen molar-refractivity contribution in [3.05, 3.63) is 78.6 Å². The number of benzene rings is 1. The van der Waals surface area contributed by atoms with Crippen LogP contribution in [0.25, 0.3) is 0 Å². The smallest absolute Gasteiger partial charge is 0.247 e. The van der Waals surface area contributed by atoms with Gasteiger partial charge in [-0.3, -0.25) is 4.79 Å². The molecule has 0 bridgehead atoms. The lowest BCUT2D eigenvalue weighted by molar-refractivity contribution is -0.111. The number of allylic oxidation sites excluding steroid dienone is 4. The minimum Gasteiger partial charge on any atom is -0.494 e. The fraction of sp³-hybridized carbons (Fsp3) is 0.296. The summed E-state index contributed by atoms with van der Waals surface area (Å²) in [6, 6.07) is 5.61. The van der Waals surface area contributed by atoms with Crippen LogP contribution in [0.4, 0.5) is 23.0 Å². The normalized spacial score (nSPS) is 15.9. The third-order valence-electron chi connectivity index (χ3n) is 6.16. The number of hydrogen-bond acceptors (Lipinski definition) is 9.